The number of thiophene rings is 1. The van der Waals surface area contributed by atoms with Gasteiger partial charge in [0.25, 0.3) is 0 Å². The summed E-state index contributed by atoms with van der Waals surface area (Å²) < 4.78 is 5.11. The number of fused-ring (bicyclic) bond motifs is 8. The first-order valence-electron chi connectivity index (χ1n) is 16.7. The molecule has 0 spiro atoms. The highest BCUT2D eigenvalue weighted by Crippen LogP contribution is 2.44. The van der Waals surface area contributed by atoms with E-state index in [-0.39, 0.29) is 0 Å². The van der Waals surface area contributed by atoms with Gasteiger partial charge in [-0.3, -0.25) is 0 Å². The van der Waals surface area contributed by atoms with Crippen molar-refractivity contribution in [1.29, 1.82) is 0 Å². The third-order valence-corrected chi connectivity index (χ3v) is 11.0. The van der Waals surface area contributed by atoms with Gasteiger partial charge in [0, 0.05) is 53.7 Å². The highest BCUT2D eigenvalue weighted by atomic mass is 32.1. The minimum Gasteiger partial charge on any atom is -0.311 e. The molecule has 0 bridgehead atoms. The van der Waals surface area contributed by atoms with Gasteiger partial charge in [-0.05, 0) is 94.7 Å². The monoisotopic (exact) mass is 642 g/mol. The predicted molar refractivity (Wildman–Crippen MR) is 211 cm³/mol. The zero-order chi connectivity index (χ0) is 32.3. The van der Waals surface area contributed by atoms with Gasteiger partial charge >= 0.3 is 0 Å². The van der Waals surface area contributed by atoms with Gasteiger partial charge in [0.1, 0.15) is 0 Å². The van der Waals surface area contributed by atoms with Crippen LogP contribution in [-0.2, 0) is 0 Å². The van der Waals surface area contributed by atoms with Crippen LogP contribution in [0.3, 0.4) is 0 Å². The van der Waals surface area contributed by atoms with Crippen molar-refractivity contribution < 1.29 is 0 Å². The van der Waals surface area contributed by atoms with E-state index in [9.17, 15) is 0 Å². The molecule has 0 atom stereocenters. The molecule has 0 radical (unpaired) electrons. The van der Waals surface area contributed by atoms with Crippen molar-refractivity contribution in [3.05, 3.63) is 182 Å². The lowest BCUT2D eigenvalue weighted by Crippen LogP contribution is -2.10. The summed E-state index contributed by atoms with van der Waals surface area (Å²) in [6.07, 6.45) is 0. The van der Waals surface area contributed by atoms with Crippen LogP contribution in [-0.4, -0.2) is 4.57 Å². The number of para-hydroxylation sites is 2. The summed E-state index contributed by atoms with van der Waals surface area (Å²) in [6.45, 7) is 0. The van der Waals surface area contributed by atoms with Gasteiger partial charge in [0.2, 0.25) is 0 Å². The van der Waals surface area contributed by atoms with E-state index in [0.29, 0.717) is 0 Å². The van der Waals surface area contributed by atoms with E-state index in [0.717, 1.165) is 22.7 Å². The third kappa shape index (κ3) is 4.55. The zero-order valence-corrected chi connectivity index (χ0v) is 27.4. The van der Waals surface area contributed by atoms with E-state index in [1.54, 1.807) is 0 Å². The summed E-state index contributed by atoms with van der Waals surface area (Å²) in [4.78, 5) is 2.33. The number of aromatic nitrogens is 1. The number of anilines is 3. The van der Waals surface area contributed by atoms with Crippen molar-refractivity contribution in [2.75, 3.05) is 4.90 Å². The topological polar surface area (TPSA) is 8.17 Å². The van der Waals surface area contributed by atoms with Crippen molar-refractivity contribution in [1.82, 2.24) is 4.57 Å². The van der Waals surface area contributed by atoms with Gasteiger partial charge < -0.3 is 9.47 Å². The molecular weight excluding hydrogens is 613 g/mol. The molecule has 3 heteroatoms. The first-order valence-corrected chi connectivity index (χ1v) is 17.5. The quantitative estimate of drug-likeness (QED) is 0.181. The highest BCUT2D eigenvalue weighted by molar-refractivity contribution is 7.26. The van der Waals surface area contributed by atoms with Crippen LogP contribution in [0.4, 0.5) is 17.1 Å². The average Bonchev–Trinajstić information content (AvgIpc) is 3.72. The molecule has 0 aliphatic carbocycles. The van der Waals surface area contributed by atoms with E-state index in [4.69, 9.17) is 0 Å². The molecule has 0 N–H and O–H groups in total. The highest BCUT2D eigenvalue weighted by Gasteiger charge is 2.18. The Morgan fingerprint density at radius 3 is 1.86 bits per heavy atom. The first kappa shape index (κ1) is 27.9. The second kappa shape index (κ2) is 11.2. The van der Waals surface area contributed by atoms with Gasteiger partial charge in [-0.2, -0.15) is 0 Å². The van der Waals surface area contributed by atoms with Crippen LogP contribution in [0, 0.1) is 0 Å². The lowest BCUT2D eigenvalue weighted by Gasteiger charge is -2.26. The molecule has 0 amide bonds. The predicted octanol–water partition coefficient (Wildman–Crippen LogP) is 13.4. The van der Waals surface area contributed by atoms with Gasteiger partial charge in [-0.15, -0.1) is 11.3 Å². The number of nitrogens with zero attached hydrogens (tertiary/aromatic N) is 2. The van der Waals surface area contributed by atoms with E-state index in [2.05, 4.69) is 191 Å². The third-order valence-electron chi connectivity index (χ3n) is 9.77. The summed E-state index contributed by atoms with van der Waals surface area (Å²) >= 11 is 1.90. The fraction of sp³-hybridized carbons (Fsp3) is 0. The normalized spacial score (nSPS) is 11.7. The van der Waals surface area contributed by atoms with Crippen LogP contribution >= 0.6 is 11.3 Å². The molecule has 0 unspecified atom stereocenters. The number of hydrogen-bond acceptors (Lipinski definition) is 2. The Bertz CT molecular complexity index is 2810. The van der Waals surface area contributed by atoms with E-state index < -0.39 is 0 Å². The number of benzene rings is 8. The molecular formula is C46H30N2S. The molecule has 0 fully saturated rings. The Labute approximate surface area is 288 Å². The summed E-state index contributed by atoms with van der Waals surface area (Å²) in [7, 11) is 0. The molecule has 10 rings (SSSR count). The maximum Gasteiger partial charge on any atom is 0.0555 e. The summed E-state index contributed by atoms with van der Waals surface area (Å²) in [6, 6.07) is 66.0. The molecule has 10 aromatic rings. The molecule has 2 nitrogen and oxygen atoms in total. The van der Waals surface area contributed by atoms with E-state index in [1.165, 1.54) is 63.9 Å². The lowest BCUT2D eigenvalue weighted by molar-refractivity contribution is 1.17. The van der Waals surface area contributed by atoms with Gasteiger partial charge in [-0.1, -0.05) is 109 Å². The second-order valence-electron chi connectivity index (χ2n) is 12.6. The largest absolute Gasteiger partial charge is 0.311 e. The maximum atomic E-state index is 2.42. The molecule has 0 aliphatic rings. The van der Waals surface area contributed by atoms with Gasteiger partial charge in [0.15, 0.2) is 0 Å². The van der Waals surface area contributed by atoms with E-state index in [1.807, 2.05) is 11.3 Å². The number of hydrogen-bond donors (Lipinski definition) is 0. The van der Waals surface area contributed by atoms with Gasteiger partial charge in [-0.25, -0.2) is 0 Å². The Kier molecular flexibility index (Phi) is 6.39. The minimum atomic E-state index is 1.11. The molecule has 49 heavy (non-hydrogen) atoms. The van der Waals surface area contributed by atoms with Crippen LogP contribution in [0.5, 0.6) is 0 Å². The van der Waals surface area contributed by atoms with Crippen LogP contribution in [0.15, 0.2) is 182 Å². The van der Waals surface area contributed by atoms with Crippen molar-refractivity contribution >= 4 is 81.1 Å². The Morgan fingerprint density at radius 2 is 1.04 bits per heavy atom. The van der Waals surface area contributed by atoms with Crippen LogP contribution in [0.25, 0.3) is 69.6 Å². The molecule has 0 aliphatic heterocycles. The molecule has 2 aromatic heterocycles. The van der Waals surface area contributed by atoms with Crippen molar-refractivity contribution in [2.45, 2.75) is 0 Å². The average molecular weight is 643 g/mol. The fourth-order valence-electron chi connectivity index (χ4n) is 7.46. The second-order valence-corrected chi connectivity index (χ2v) is 13.6. The Hall–Kier alpha value is -6.16. The number of rotatable bonds is 5. The minimum absolute atomic E-state index is 1.11. The molecule has 8 aromatic carbocycles. The molecule has 230 valence electrons. The summed E-state index contributed by atoms with van der Waals surface area (Å²) in [5.74, 6) is 0. The standard InChI is InChI=1S/C46H30N2S/c1-2-12-35(13-3-1)47(36-22-20-32(21-23-36)34-19-18-31-10-4-5-11-33(31)30-34)37-24-26-38(27-25-37)48-42-16-8-6-15-41(42)45-43(48)29-28-40-39-14-7-9-17-44(39)49-46(40)45/h1-30H. The fourth-order valence-corrected chi connectivity index (χ4v) is 8.72. The van der Waals surface area contributed by atoms with Crippen LogP contribution in [0.2, 0.25) is 0 Å². The Morgan fingerprint density at radius 1 is 0.408 bits per heavy atom. The zero-order valence-electron chi connectivity index (χ0n) is 26.6. The molecule has 0 saturated heterocycles. The van der Waals surface area contributed by atoms with E-state index >= 15 is 0 Å². The van der Waals surface area contributed by atoms with Crippen molar-refractivity contribution in [3.8, 4) is 16.8 Å². The van der Waals surface area contributed by atoms with Crippen LogP contribution < -0.4 is 4.90 Å². The lowest BCUT2D eigenvalue weighted by atomic mass is 10.0. The van der Waals surface area contributed by atoms with Crippen LogP contribution in [0.1, 0.15) is 0 Å². The van der Waals surface area contributed by atoms with Gasteiger partial charge in [0.05, 0.1) is 11.0 Å². The maximum absolute atomic E-state index is 2.42. The SMILES string of the molecule is c1ccc(N(c2ccc(-c3ccc4ccccc4c3)cc2)c2ccc(-n3c4ccccc4c4c5sc6ccccc6c5ccc43)cc2)cc1. The smallest absolute Gasteiger partial charge is 0.0555 e. The molecule has 2 heterocycles. The van der Waals surface area contributed by atoms with Crippen molar-refractivity contribution in [3.63, 3.8) is 0 Å². The summed E-state index contributed by atoms with van der Waals surface area (Å²) in [5.41, 5.74) is 9.38. The van der Waals surface area contributed by atoms with Crippen molar-refractivity contribution in [2.24, 2.45) is 0 Å². The Balaban J connectivity index is 1.07. The first-order chi connectivity index (χ1) is 24.3. The summed E-state index contributed by atoms with van der Waals surface area (Å²) in [5, 5.41) is 7.79. The molecule has 0 saturated carbocycles.